The summed E-state index contributed by atoms with van der Waals surface area (Å²) in [6.07, 6.45) is 9.66. The zero-order valence-corrected chi connectivity index (χ0v) is 26.3. The molecule has 2 aliphatic heterocycles. The number of nitrogens with one attached hydrogen (secondary N) is 2. The third-order valence-corrected chi connectivity index (χ3v) is 10.8. The van der Waals surface area contributed by atoms with Crippen molar-refractivity contribution in [1.29, 1.82) is 0 Å². The Morgan fingerprint density at radius 3 is 2.52 bits per heavy atom. The van der Waals surface area contributed by atoms with Gasteiger partial charge < -0.3 is 10.4 Å². The maximum atomic E-state index is 13.4. The van der Waals surface area contributed by atoms with E-state index < -0.39 is 29.7 Å². The Bertz CT molecular complexity index is 2020. The lowest BCUT2D eigenvalue weighted by Gasteiger charge is -2.35. The van der Waals surface area contributed by atoms with Crippen molar-refractivity contribution in [3.63, 3.8) is 0 Å². The number of amides is 4. The van der Waals surface area contributed by atoms with Crippen LogP contribution in [0.25, 0.3) is 22.3 Å². The van der Waals surface area contributed by atoms with Crippen LogP contribution >= 0.6 is 0 Å². The van der Waals surface area contributed by atoms with Gasteiger partial charge >= 0.3 is 0 Å². The van der Waals surface area contributed by atoms with E-state index in [-0.39, 0.29) is 36.1 Å². The van der Waals surface area contributed by atoms with Crippen LogP contribution in [0.2, 0.25) is 0 Å². The molecular formula is C36H35N7O5. The number of hydrogen-bond acceptors (Lipinski definition) is 9. The molecule has 3 N–H and O–H groups in total. The van der Waals surface area contributed by atoms with Gasteiger partial charge in [0.2, 0.25) is 11.8 Å². The van der Waals surface area contributed by atoms with Gasteiger partial charge in [-0.05, 0) is 86.6 Å². The second-order valence-corrected chi connectivity index (χ2v) is 14.1. The van der Waals surface area contributed by atoms with Crippen molar-refractivity contribution in [1.82, 2.24) is 30.0 Å². The maximum absolute atomic E-state index is 13.4. The number of carbonyl (C=O) groups excluding carboxylic acids is 4. The molecule has 12 nitrogen and oxygen atoms in total. The molecule has 5 aliphatic rings. The molecule has 4 aromatic rings. The maximum Gasteiger partial charge on any atom is 0.264 e. The summed E-state index contributed by atoms with van der Waals surface area (Å²) in [5, 5.41) is 20.5. The molecule has 3 saturated carbocycles. The molecule has 4 amide bonds. The fourth-order valence-corrected chi connectivity index (χ4v) is 7.72. The quantitative estimate of drug-likeness (QED) is 0.240. The molecular weight excluding hydrogens is 610 g/mol. The highest BCUT2D eigenvalue weighted by atomic mass is 16.3. The van der Waals surface area contributed by atoms with E-state index in [0.717, 1.165) is 71.4 Å². The average Bonchev–Trinajstić information content (AvgIpc) is 3.75. The second kappa shape index (κ2) is 11.0. The number of benzene rings is 2. The minimum Gasteiger partial charge on any atom is -0.393 e. The Balaban J connectivity index is 0.885. The largest absolute Gasteiger partial charge is 0.393 e. The van der Waals surface area contributed by atoms with Gasteiger partial charge in [-0.25, -0.2) is 4.98 Å². The molecule has 1 atom stereocenters. The first-order valence-corrected chi connectivity index (χ1v) is 16.9. The average molecular weight is 646 g/mol. The predicted molar refractivity (Wildman–Crippen MR) is 174 cm³/mol. The number of anilines is 1. The van der Waals surface area contributed by atoms with E-state index in [1.807, 2.05) is 12.3 Å². The van der Waals surface area contributed by atoms with E-state index in [2.05, 4.69) is 33.6 Å². The van der Waals surface area contributed by atoms with Gasteiger partial charge in [0.25, 0.3) is 11.8 Å². The second-order valence-electron chi connectivity index (χ2n) is 14.1. The van der Waals surface area contributed by atoms with E-state index in [0.29, 0.717) is 30.0 Å². The lowest BCUT2D eigenvalue weighted by atomic mass is 9.77. The fraction of sp³-hybridized carbons (Fsp3) is 0.417. The molecule has 9 rings (SSSR count). The van der Waals surface area contributed by atoms with Crippen LogP contribution in [-0.4, -0.2) is 72.1 Å². The topological polar surface area (TPSA) is 159 Å². The van der Waals surface area contributed by atoms with Crippen LogP contribution < -0.4 is 10.6 Å². The Morgan fingerprint density at radius 1 is 0.917 bits per heavy atom. The SMILES string of the molecule is O=C1CCC(N2C(=O)c3cccc(NCC4CC(n5cc(-c6cnc7ccc(C8CC(O)C8)cc7n6)c(C6CC6)n5)C4)c3C2=O)C(=O)N1. The predicted octanol–water partition coefficient (Wildman–Crippen LogP) is 4.07. The first-order chi connectivity index (χ1) is 23.3. The first kappa shape index (κ1) is 29.2. The summed E-state index contributed by atoms with van der Waals surface area (Å²) in [5.41, 5.74) is 7.02. The third kappa shape index (κ3) is 4.88. The number of piperidine rings is 1. The number of carbonyl (C=O) groups is 4. The van der Waals surface area contributed by atoms with Crippen LogP contribution in [0.4, 0.5) is 5.69 Å². The number of imide groups is 2. The van der Waals surface area contributed by atoms with Gasteiger partial charge in [-0.2, -0.15) is 5.10 Å². The Kier molecular flexibility index (Phi) is 6.72. The van der Waals surface area contributed by atoms with Gasteiger partial charge in [0, 0.05) is 36.3 Å². The molecule has 2 aromatic heterocycles. The summed E-state index contributed by atoms with van der Waals surface area (Å²) in [7, 11) is 0. The van der Waals surface area contributed by atoms with Crippen molar-refractivity contribution >= 4 is 40.3 Å². The van der Waals surface area contributed by atoms with E-state index in [9.17, 15) is 24.3 Å². The van der Waals surface area contributed by atoms with Gasteiger partial charge in [0.05, 0.1) is 51.9 Å². The summed E-state index contributed by atoms with van der Waals surface area (Å²) in [5.74, 6) is -0.858. The van der Waals surface area contributed by atoms with E-state index in [4.69, 9.17) is 15.1 Å². The minimum absolute atomic E-state index is 0.0843. The third-order valence-electron chi connectivity index (χ3n) is 10.8. The van der Waals surface area contributed by atoms with E-state index in [1.54, 1.807) is 18.2 Å². The molecule has 244 valence electrons. The monoisotopic (exact) mass is 645 g/mol. The van der Waals surface area contributed by atoms with Crippen LogP contribution in [0.3, 0.4) is 0 Å². The highest BCUT2D eigenvalue weighted by molar-refractivity contribution is 6.25. The molecule has 0 bridgehead atoms. The molecule has 48 heavy (non-hydrogen) atoms. The van der Waals surface area contributed by atoms with Gasteiger partial charge in [-0.1, -0.05) is 12.1 Å². The van der Waals surface area contributed by atoms with Crippen molar-refractivity contribution in [2.24, 2.45) is 5.92 Å². The highest BCUT2D eigenvalue weighted by Gasteiger charge is 2.46. The molecule has 1 saturated heterocycles. The highest BCUT2D eigenvalue weighted by Crippen LogP contribution is 2.46. The van der Waals surface area contributed by atoms with Gasteiger partial charge in [0.1, 0.15) is 6.04 Å². The van der Waals surface area contributed by atoms with Crippen molar-refractivity contribution in [3.8, 4) is 11.3 Å². The normalized spacial score (nSPS) is 26.7. The zero-order chi connectivity index (χ0) is 32.7. The van der Waals surface area contributed by atoms with Crippen LogP contribution in [0.15, 0.2) is 48.8 Å². The molecule has 0 radical (unpaired) electrons. The van der Waals surface area contributed by atoms with Crippen molar-refractivity contribution in [2.75, 3.05) is 11.9 Å². The van der Waals surface area contributed by atoms with Crippen LogP contribution in [0.1, 0.15) is 101 Å². The number of rotatable bonds is 8. The Morgan fingerprint density at radius 2 is 1.75 bits per heavy atom. The lowest BCUT2D eigenvalue weighted by Crippen LogP contribution is -2.54. The number of nitrogens with zero attached hydrogens (tertiary/aromatic N) is 5. The Hall–Kier alpha value is -4.97. The standard InChI is InChI=1S/C36H35N7O5/c44-23-12-21(13-23)20-6-7-26-28(14-20)39-29(16-38-26)25-17-42(41-33(25)19-4-5-19)22-10-18(11-22)15-37-27-3-1-2-24-32(27)36(48)43(35(24)47)30-8-9-31(45)40-34(30)46/h1-3,6-7,14,16-19,21-23,30,37,44H,4-5,8-13,15H2,(H,40,45,46). The first-order valence-electron chi connectivity index (χ1n) is 16.9. The van der Waals surface area contributed by atoms with Gasteiger partial charge in [0.15, 0.2) is 0 Å². The van der Waals surface area contributed by atoms with Crippen molar-refractivity contribution < 1.29 is 24.3 Å². The number of aliphatic hydroxyl groups is 1. The lowest BCUT2D eigenvalue weighted by molar-refractivity contribution is -0.136. The van der Waals surface area contributed by atoms with Crippen molar-refractivity contribution in [3.05, 3.63) is 71.2 Å². The van der Waals surface area contributed by atoms with E-state index >= 15 is 0 Å². The van der Waals surface area contributed by atoms with Gasteiger partial charge in [-0.3, -0.25) is 39.1 Å². The number of fused-ring (bicyclic) bond motifs is 2. The molecule has 4 fully saturated rings. The summed E-state index contributed by atoms with van der Waals surface area (Å²) in [6, 6.07) is 10.6. The summed E-state index contributed by atoms with van der Waals surface area (Å²) < 4.78 is 2.10. The number of hydrogen-bond donors (Lipinski definition) is 3. The number of aliphatic hydroxyl groups excluding tert-OH is 1. The van der Waals surface area contributed by atoms with Gasteiger partial charge in [-0.15, -0.1) is 0 Å². The number of aromatic nitrogens is 4. The molecule has 0 spiro atoms. The molecule has 12 heteroatoms. The molecule has 4 heterocycles. The minimum atomic E-state index is -0.991. The fourth-order valence-electron chi connectivity index (χ4n) is 7.72. The van der Waals surface area contributed by atoms with Crippen LogP contribution in [-0.2, 0) is 9.59 Å². The smallest absolute Gasteiger partial charge is 0.264 e. The summed E-state index contributed by atoms with van der Waals surface area (Å²) in [4.78, 5) is 61.5. The van der Waals surface area contributed by atoms with Crippen molar-refractivity contribution in [2.45, 2.75) is 81.4 Å². The summed E-state index contributed by atoms with van der Waals surface area (Å²) in [6.45, 7) is 0.632. The summed E-state index contributed by atoms with van der Waals surface area (Å²) >= 11 is 0. The van der Waals surface area contributed by atoms with Crippen LogP contribution in [0.5, 0.6) is 0 Å². The molecule has 2 aromatic carbocycles. The van der Waals surface area contributed by atoms with E-state index in [1.165, 1.54) is 5.56 Å². The molecule has 1 unspecified atom stereocenters. The Labute approximate surface area is 275 Å². The zero-order valence-electron chi connectivity index (χ0n) is 26.3. The van der Waals surface area contributed by atoms with Crippen LogP contribution in [0, 0.1) is 5.92 Å². The molecule has 3 aliphatic carbocycles.